The molecule has 1 saturated carbocycles. The molecule has 2 aliphatic rings. The number of aromatic nitrogens is 2. The Morgan fingerprint density at radius 3 is 2.54 bits per heavy atom. The van der Waals surface area contributed by atoms with Crippen LogP contribution in [0.2, 0.25) is 0 Å². The molecule has 8 heteroatoms. The predicted molar refractivity (Wildman–Crippen MR) is 134 cm³/mol. The Morgan fingerprint density at radius 1 is 1.14 bits per heavy atom. The number of nitrogens with zero attached hydrogens (tertiary/aromatic N) is 3. The summed E-state index contributed by atoms with van der Waals surface area (Å²) in [4.78, 5) is 30.2. The topological polar surface area (TPSA) is 67.2 Å². The van der Waals surface area contributed by atoms with Crippen LogP contribution in [0.15, 0.2) is 47.8 Å². The van der Waals surface area contributed by atoms with Crippen molar-refractivity contribution in [1.82, 2.24) is 20.0 Å². The van der Waals surface area contributed by atoms with Crippen molar-refractivity contribution >= 4 is 23.2 Å². The van der Waals surface area contributed by atoms with E-state index in [0.717, 1.165) is 41.8 Å². The summed E-state index contributed by atoms with van der Waals surface area (Å²) < 4.78 is 15.2. The number of hydrogen-bond acceptors (Lipinski definition) is 4. The SMILES string of the molecule is C[C@@]1(C(=O)NC2CCCCCCC2)Cn2nc(-c3cccs3)cc2C(=O)N1Cc1ccc(F)cc1. The van der Waals surface area contributed by atoms with Crippen LogP contribution < -0.4 is 5.32 Å². The third-order valence-electron chi connectivity index (χ3n) is 7.25. The summed E-state index contributed by atoms with van der Waals surface area (Å²) in [5.74, 6) is -0.731. The van der Waals surface area contributed by atoms with Crippen molar-refractivity contribution < 1.29 is 14.0 Å². The van der Waals surface area contributed by atoms with Gasteiger partial charge >= 0.3 is 0 Å². The van der Waals surface area contributed by atoms with E-state index >= 15 is 0 Å². The summed E-state index contributed by atoms with van der Waals surface area (Å²) in [5.41, 5.74) is 0.845. The van der Waals surface area contributed by atoms with Crippen LogP contribution in [0.3, 0.4) is 0 Å². The molecule has 1 fully saturated rings. The summed E-state index contributed by atoms with van der Waals surface area (Å²) in [6, 6.07) is 11.9. The molecule has 3 aromatic rings. The molecule has 5 rings (SSSR count). The maximum Gasteiger partial charge on any atom is 0.273 e. The van der Waals surface area contributed by atoms with Crippen LogP contribution in [0.5, 0.6) is 0 Å². The lowest BCUT2D eigenvalue weighted by atomic mass is 9.92. The zero-order valence-corrected chi connectivity index (χ0v) is 20.8. The van der Waals surface area contributed by atoms with E-state index in [-0.39, 0.29) is 36.8 Å². The third kappa shape index (κ3) is 4.89. The second-order valence-corrected chi connectivity index (χ2v) is 10.8. The minimum absolute atomic E-state index is 0.114. The lowest BCUT2D eigenvalue weighted by molar-refractivity contribution is -0.134. The third-order valence-corrected chi connectivity index (χ3v) is 8.15. The van der Waals surface area contributed by atoms with Crippen LogP contribution in [0.25, 0.3) is 10.6 Å². The quantitative estimate of drug-likeness (QED) is 0.517. The van der Waals surface area contributed by atoms with E-state index < -0.39 is 5.54 Å². The molecule has 3 heterocycles. The number of carbonyl (C=O) groups is 2. The molecule has 1 aromatic carbocycles. The number of benzene rings is 1. The fraction of sp³-hybridized carbons (Fsp3) is 0.444. The minimum Gasteiger partial charge on any atom is -0.351 e. The van der Waals surface area contributed by atoms with Crippen LogP contribution in [0.1, 0.15) is 67.9 Å². The first-order chi connectivity index (χ1) is 16.9. The molecule has 184 valence electrons. The Hall–Kier alpha value is -3.00. The van der Waals surface area contributed by atoms with Gasteiger partial charge in [0, 0.05) is 12.6 Å². The molecular weight excluding hydrogens is 463 g/mol. The van der Waals surface area contributed by atoms with Crippen LogP contribution >= 0.6 is 11.3 Å². The number of halogens is 1. The van der Waals surface area contributed by atoms with Crippen LogP contribution in [-0.2, 0) is 17.9 Å². The predicted octanol–water partition coefficient (Wildman–Crippen LogP) is 5.39. The smallest absolute Gasteiger partial charge is 0.273 e. The maximum absolute atomic E-state index is 13.8. The highest BCUT2D eigenvalue weighted by Gasteiger charge is 2.48. The second-order valence-electron chi connectivity index (χ2n) is 9.86. The average molecular weight is 495 g/mol. The summed E-state index contributed by atoms with van der Waals surface area (Å²) in [6.07, 6.45) is 7.78. The average Bonchev–Trinajstić information content (AvgIpc) is 3.49. The Labute approximate surface area is 209 Å². The first-order valence-corrected chi connectivity index (χ1v) is 13.3. The van der Waals surface area contributed by atoms with Crippen molar-refractivity contribution in [1.29, 1.82) is 0 Å². The molecule has 2 amide bonds. The van der Waals surface area contributed by atoms with Gasteiger partial charge in [0.1, 0.15) is 22.7 Å². The van der Waals surface area contributed by atoms with Gasteiger partial charge < -0.3 is 10.2 Å². The van der Waals surface area contributed by atoms with Crippen molar-refractivity contribution in [3.05, 3.63) is 64.9 Å². The Kier molecular flexibility index (Phi) is 6.73. The summed E-state index contributed by atoms with van der Waals surface area (Å²) in [6.45, 7) is 2.30. The van der Waals surface area contributed by atoms with Crippen LogP contribution in [-0.4, -0.2) is 38.1 Å². The Bertz CT molecular complexity index is 1180. The second kappa shape index (κ2) is 9.93. The van der Waals surface area contributed by atoms with Crippen LogP contribution in [0.4, 0.5) is 4.39 Å². The summed E-state index contributed by atoms with van der Waals surface area (Å²) >= 11 is 1.56. The monoisotopic (exact) mass is 494 g/mol. The fourth-order valence-electron chi connectivity index (χ4n) is 5.15. The van der Waals surface area contributed by atoms with Crippen molar-refractivity contribution in [3.8, 4) is 10.6 Å². The van der Waals surface area contributed by atoms with E-state index in [9.17, 15) is 14.0 Å². The zero-order chi connectivity index (χ0) is 24.4. The number of amides is 2. The highest BCUT2D eigenvalue weighted by molar-refractivity contribution is 7.13. The number of nitrogens with one attached hydrogen (secondary N) is 1. The number of carbonyl (C=O) groups excluding carboxylic acids is 2. The van der Waals surface area contributed by atoms with Gasteiger partial charge in [0.2, 0.25) is 5.91 Å². The van der Waals surface area contributed by atoms with E-state index in [1.165, 1.54) is 31.4 Å². The standard InChI is InChI=1S/C27H31FN4O2S/c1-27(26(34)29-21-8-5-3-2-4-6-9-21)18-32-23(16-22(30-32)24-10-7-15-35-24)25(33)31(27)17-19-11-13-20(28)14-12-19/h7,10-16,21H,2-6,8-9,17-18H2,1H3,(H,29,34)/t27-/m0/s1. The molecule has 0 unspecified atom stereocenters. The van der Waals surface area contributed by atoms with Gasteiger partial charge in [0.25, 0.3) is 5.91 Å². The summed E-state index contributed by atoms with van der Waals surface area (Å²) in [5, 5.41) is 9.95. The lowest BCUT2D eigenvalue weighted by Crippen LogP contribution is -2.64. The minimum atomic E-state index is -1.13. The Balaban J connectivity index is 1.47. The fourth-order valence-corrected chi connectivity index (χ4v) is 5.83. The van der Waals surface area contributed by atoms with Crippen LogP contribution in [0, 0.1) is 5.82 Å². The molecule has 6 nitrogen and oxygen atoms in total. The molecule has 0 spiro atoms. The molecule has 2 aromatic heterocycles. The number of thiophene rings is 1. The highest BCUT2D eigenvalue weighted by Crippen LogP contribution is 2.33. The van der Waals surface area contributed by atoms with Gasteiger partial charge in [-0.05, 0) is 55.0 Å². The van der Waals surface area contributed by atoms with Crippen molar-refractivity contribution in [3.63, 3.8) is 0 Å². The van der Waals surface area contributed by atoms with Crippen molar-refractivity contribution in [2.45, 2.75) is 76.5 Å². The van der Waals surface area contributed by atoms with Gasteiger partial charge in [0.05, 0.1) is 11.4 Å². The van der Waals surface area contributed by atoms with E-state index in [4.69, 9.17) is 5.10 Å². The molecular formula is C27H31FN4O2S. The normalized spacial score (nSPS) is 21.3. The van der Waals surface area contributed by atoms with Gasteiger partial charge in [0.15, 0.2) is 0 Å². The molecule has 0 bridgehead atoms. The van der Waals surface area contributed by atoms with Crippen molar-refractivity contribution in [2.24, 2.45) is 0 Å². The zero-order valence-electron chi connectivity index (χ0n) is 20.0. The van der Waals surface area contributed by atoms with E-state index in [1.54, 1.807) is 39.1 Å². The number of fused-ring (bicyclic) bond motifs is 1. The highest BCUT2D eigenvalue weighted by atomic mass is 32.1. The summed E-state index contributed by atoms with van der Waals surface area (Å²) in [7, 11) is 0. The molecule has 0 radical (unpaired) electrons. The molecule has 1 N–H and O–H groups in total. The van der Waals surface area contributed by atoms with Gasteiger partial charge in [-0.3, -0.25) is 14.3 Å². The van der Waals surface area contributed by atoms with Gasteiger partial charge in [-0.1, -0.05) is 50.3 Å². The molecule has 1 aliphatic carbocycles. The molecule has 1 atom stereocenters. The maximum atomic E-state index is 13.8. The van der Waals surface area contributed by atoms with Gasteiger partial charge in [-0.15, -0.1) is 11.3 Å². The molecule has 0 saturated heterocycles. The lowest BCUT2D eigenvalue weighted by Gasteiger charge is -2.44. The Morgan fingerprint density at radius 2 is 1.86 bits per heavy atom. The number of rotatable bonds is 5. The molecule has 1 aliphatic heterocycles. The van der Waals surface area contributed by atoms with Gasteiger partial charge in [-0.2, -0.15) is 5.10 Å². The first kappa shape index (κ1) is 23.7. The molecule has 35 heavy (non-hydrogen) atoms. The first-order valence-electron chi connectivity index (χ1n) is 12.4. The van der Waals surface area contributed by atoms with E-state index in [1.807, 2.05) is 24.4 Å². The van der Waals surface area contributed by atoms with E-state index in [2.05, 4.69) is 5.32 Å². The van der Waals surface area contributed by atoms with Crippen molar-refractivity contribution in [2.75, 3.05) is 0 Å². The van der Waals surface area contributed by atoms with Gasteiger partial charge in [-0.25, -0.2) is 4.39 Å². The largest absolute Gasteiger partial charge is 0.351 e. The van der Waals surface area contributed by atoms with E-state index in [0.29, 0.717) is 5.69 Å². The number of hydrogen-bond donors (Lipinski definition) is 1.